The minimum absolute atomic E-state index is 0.110. The van der Waals surface area contributed by atoms with Crippen molar-refractivity contribution in [2.45, 2.75) is 45.1 Å². The average molecular weight is 268 g/mol. The third kappa shape index (κ3) is 2.91. The molecule has 1 amide bonds. The van der Waals surface area contributed by atoms with E-state index in [2.05, 4.69) is 15.4 Å². The van der Waals surface area contributed by atoms with Crippen LogP contribution in [0.5, 0.6) is 0 Å². The van der Waals surface area contributed by atoms with E-state index in [1.165, 1.54) is 13.5 Å². The number of methoxy groups -OCH3 is 1. The van der Waals surface area contributed by atoms with E-state index in [0.29, 0.717) is 5.92 Å². The van der Waals surface area contributed by atoms with Gasteiger partial charge in [0.2, 0.25) is 5.91 Å². The summed E-state index contributed by atoms with van der Waals surface area (Å²) in [6, 6.07) is -0.169. The lowest BCUT2D eigenvalue weighted by molar-refractivity contribution is -0.141. The number of amides is 1. The lowest BCUT2D eigenvalue weighted by atomic mass is 9.67. The van der Waals surface area contributed by atoms with Crippen molar-refractivity contribution in [3.63, 3.8) is 0 Å². The fraction of sp³-hybridized carbons (Fsp3) is 0.857. The highest BCUT2D eigenvalue weighted by molar-refractivity contribution is 5.84. The van der Waals surface area contributed by atoms with Crippen LogP contribution in [-0.4, -0.2) is 38.1 Å². The Bertz CT molecular complexity index is 359. The van der Waals surface area contributed by atoms with E-state index in [9.17, 15) is 9.59 Å². The van der Waals surface area contributed by atoms with E-state index >= 15 is 0 Å². The predicted molar refractivity (Wildman–Crippen MR) is 71.5 cm³/mol. The molecule has 1 heterocycles. The molecule has 0 aromatic rings. The molecule has 19 heavy (non-hydrogen) atoms. The van der Waals surface area contributed by atoms with Crippen molar-refractivity contribution in [1.29, 1.82) is 0 Å². The van der Waals surface area contributed by atoms with E-state index in [1.54, 1.807) is 0 Å². The summed E-state index contributed by atoms with van der Waals surface area (Å²) in [5, 5.41) is 6.36. The molecular weight excluding hydrogens is 244 g/mol. The lowest BCUT2D eigenvalue weighted by Gasteiger charge is -2.37. The molecule has 0 aromatic heterocycles. The average Bonchev–Trinajstić information content (AvgIpc) is 2.83. The van der Waals surface area contributed by atoms with Crippen LogP contribution in [0, 0.1) is 11.3 Å². The topological polar surface area (TPSA) is 67.4 Å². The number of ether oxygens (including phenoxy) is 1. The van der Waals surface area contributed by atoms with Crippen LogP contribution in [0.2, 0.25) is 0 Å². The summed E-state index contributed by atoms with van der Waals surface area (Å²) < 4.78 is 4.63. The second-order valence-corrected chi connectivity index (χ2v) is 5.88. The Morgan fingerprint density at radius 3 is 3.00 bits per heavy atom. The highest BCUT2D eigenvalue weighted by Gasteiger charge is 2.49. The first-order chi connectivity index (χ1) is 9.08. The molecule has 1 unspecified atom stereocenters. The van der Waals surface area contributed by atoms with Gasteiger partial charge in [0, 0.05) is 12.6 Å². The first-order valence-corrected chi connectivity index (χ1v) is 7.17. The van der Waals surface area contributed by atoms with Gasteiger partial charge in [0.15, 0.2) is 0 Å². The van der Waals surface area contributed by atoms with Gasteiger partial charge in [-0.15, -0.1) is 0 Å². The third-order valence-corrected chi connectivity index (χ3v) is 4.57. The number of nitrogens with one attached hydrogen (secondary N) is 2. The molecule has 0 radical (unpaired) electrons. The number of hydrogen-bond donors (Lipinski definition) is 2. The molecule has 2 N–H and O–H groups in total. The smallest absolute Gasteiger partial charge is 0.307 e. The van der Waals surface area contributed by atoms with Crippen molar-refractivity contribution in [3.8, 4) is 0 Å². The highest BCUT2D eigenvalue weighted by Crippen LogP contribution is 2.43. The van der Waals surface area contributed by atoms with Gasteiger partial charge in [0.1, 0.15) is 0 Å². The summed E-state index contributed by atoms with van der Waals surface area (Å²) in [4.78, 5) is 23.8. The molecule has 0 spiro atoms. The van der Waals surface area contributed by atoms with Crippen LogP contribution < -0.4 is 10.6 Å². The Balaban J connectivity index is 1.96. The fourth-order valence-electron chi connectivity index (χ4n) is 3.44. The van der Waals surface area contributed by atoms with Crippen molar-refractivity contribution >= 4 is 11.9 Å². The Morgan fingerprint density at radius 2 is 2.26 bits per heavy atom. The molecule has 5 heteroatoms. The molecular formula is C14H24N2O3. The van der Waals surface area contributed by atoms with Crippen LogP contribution in [0.3, 0.4) is 0 Å². The quantitative estimate of drug-likeness (QED) is 0.741. The Kier molecular flexibility index (Phi) is 4.45. The zero-order chi connectivity index (χ0) is 13.9. The summed E-state index contributed by atoms with van der Waals surface area (Å²) >= 11 is 0. The number of fused-ring (bicyclic) bond motifs is 1. The van der Waals surface area contributed by atoms with Gasteiger partial charge in [0.25, 0.3) is 0 Å². The molecule has 1 saturated heterocycles. The second-order valence-electron chi connectivity index (χ2n) is 5.88. The van der Waals surface area contributed by atoms with Gasteiger partial charge in [0.05, 0.1) is 18.9 Å². The summed E-state index contributed by atoms with van der Waals surface area (Å²) in [5.74, 6) is 0.278. The molecule has 0 bridgehead atoms. The Labute approximate surface area is 114 Å². The fourth-order valence-corrected chi connectivity index (χ4v) is 3.44. The number of carbonyl (C=O) groups excluding carboxylic acids is 2. The Morgan fingerprint density at radius 1 is 1.47 bits per heavy atom. The summed E-state index contributed by atoms with van der Waals surface area (Å²) in [5.41, 5.74) is -0.247. The van der Waals surface area contributed by atoms with Gasteiger partial charge < -0.3 is 15.4 Å². The highest BCUT2D eigenvalue weighted by atomic mass is 16.5. The molecule has 1 saturated carbocycles. The van der Waals surface area contributed by atoms with E-state index in [-0.39, 0.29) is 29.8 Å². The molecule has 2 rings (SSSR count). The van der Waals surface area contributed by atoms with Crippen LogP contribution >= 0.6 is 0 Å². The number of esters is 1. The first kappa shape index (κ1) is 14.3. The molecule has 2 aliphatic rings. The summed E-state index contributed by atoms with van der Waals surface area (Å²) in [6.45, 7) is 3.57. The van der Waals surface area contributed by atoms with Gasteiger partial charge in [-0.2, -0.15) is 0 Å². The van der Waals surface area contributed by atoms with Crippen LogP contribution in [0.1, 0.15) is 39.0 Å². The number of hydrogen-bond acceptors (Lipinski definition) is 4. The molecule has 1 aliphatic heterocycles. The molecule has 108 valence electrons. The lowest BCUT2D eigenvalue weighted by Crippen LogP contribution is -2.50. The molecule has 3 atom stereocenters. The van der Waals surface area contributed by atoms with Crippen LogP contribution in [0.4, 0.5) is 0 Å². The number of carbonyl (C=O) groups is 2. The third-order valence-electron chi connectivity index (χ3n) is 4.57. The van der Waals surface area contributed by atoms with Gasteiger partial charge in [-0.25, -0.2) is 0 Å². The van der Waals surface area contributed by atoms with Gasteiger partial charge >= 0.3 is 5.97 Å². The normalized spacial score (nSPS) is 31.4. The van der Waals surface area contributed by atoms with Crippen molar-refractivity contribution in [1.82, 2.24) is 10.6 Å². The SMILES string of the molecule is COC(=O)CC(C)NC(=O)[C@@]12CCCC[C@H]1CNC2. The van der Waals surface area contributed by atoms with E-state index < -0.39 is 0 Å². The van der Waals surface area contributed by atoms with E-state index in [1.807, 2.05) is 6.92 Å². The summed E-state index contributed by atoms with van der Waals surface area (Å²) in [6.07, 6.45) is 4.67. The minimum Gasteiger partial charge on any atom is -0.469 e. The molecule has 2 fully saturated rings. The van der Waals surface area contributed by atoms with Crippen molar-refractivity contribution in [2.75, 3.05) is 20.2 Å². The van der Waals surface area contributed by atoms with E-state index in [0.717, 1.165) is 32.4 Å². The standard InChI is InChI=1S/C14H24N2O3/c1-10(7-12(17)19-2)16-13(18)14-6-4-3-5-11(14)8-15-9-14/h10-11,15H,3-9H2,1-2H3,(H,16,18)/t10?,11-,14+/m0/s1. The minimum atomic E-state index is -0.282. The van der Waals surface area contributed by atoms with Gasteiger partial charge in [-0.3, -0.25) is 9.59 Å². The molecule has 1 aliphatic carbocycles. The van der Waals surface area contributed by atoms with Crippen molar-refractivity contribution < 1.29 is 14.3 Å². The van der Waals surface area contributed by atoms with E-state index in [4.69, 9.17) is 0 Å². The second kappa shape index (κ2) is 5.90. The zero-order valence-corrected chi connectivity index (χ0v) is 11.8. The van der Waals surface area contributed by atoms with Crippen LogP contribution in [0.15, 0.2) is 0 Å². The maximum atomic E-state index is 12.6. The first-order valence-electron chi connectivity index (χ1n) is 7.17. The predicted octanol–water partition coefficient (Wildman–Crippen LogP) is 0.834. The maximum Gasteiger partial charge on any atom is 0.307 e. The van der Waals surface area contributed by atoms with Gasteiger partial charge in [-0.1, -0.05) is 12.8 Å². The maximum absolute atomic E-state index is 12.6. The Hall–Kier alpha value is -1.10. The zero-order valence-electron chi connectivity index (χ0n) is 11.8. The largest absolute Gasteiger partial charge is 0.469 e. The van der Waals surface area contributed by atoms with Crippen molar-refractivity contribution in [3.05, 3.63) is 0 Å². The molecule has 5 nitrogen and oxygen atoms in total. The van der Waals surface area contributed by atoms with Crippen LogP contribution in [-0.2, 0) is 14.3 Å². The number of rotatable bonds is 4. The van der Waals surface area contributed by atoms with Crippen LogP contribution in [0.25, 0.3) is 0 Å². The summed E-state index contributed by atoms with van der Waals surface area (Å²) in [7, 11) is 1.37. The molecule has 0 aromatic carbocycles. The monoisotopic (exact) mass is 268 g/mol. The van der Waals surface area contributed by atoms with Gasteiger partial charge in [-0.05, 0) is 32.2 Å². The van der Waals surface area contributed by atoms with Crippen molar-refractivity contribution in [2.24, 2.45) is 11.3 Å².